The number of nitrogens with two attached hydrogens (primary N) is 1. The number of primary amides is 1. The van der Waals surface area contributed by atoms with Crippen molar-refractivity contribution in [3.05, 3.63) is 12.7 Å². The molecular formula is C10H12F5NO4. The first-order valence-corrected chi connectivity index (χ1v) is 5.09. The van der Waals surface area contributed by atoms with Gasteiger partial charge in [0.05, 0.1) is 6.61 Å². The van der Waals surface area contributed by atoms with E-state index in [0.717, 1.165) is 0 Å². The van der Waals surface area contributed by atoms with Gasteiger partial charge in [0.2, 0.25) is 5.92 Å². The summed E-state index contributed by atoms with van der Waals surface area (Å²) in [4.78, 5) is 21.8. The third-order valence-electron chi connectivity index (χ3n) is 1.95. The summed E-state index contributed by atoms with van der Waals surface area (Å²) in [7, 11) is 0. The lowest BCUT2D eigenvalue weighted by Crippen LogP contribution is -2.60. The molecule has 0 radical (unpaired) electrons. The zero-order chi connectivity index (χ0) is 16.2. The number of hydrogen-bond donors (Lipinski definition) is 1. The van der Waals surface area contributed by atoms with E-state index >= 15 is 0 Å². The molecule has 0 aliphatic rings. The summed E-state index contributed by atoms with van der Waals surface area (Å²) in [6.45, 7) is 2.06. The zero-order valence-corrected chi connectivity index (χ0v) is 10.3. The van der Waals surface area contributed by atoms with Gasteiger partial charge in [-0.25, -0.2) is 13.6 Å². The second-order valence-electron chi connectivity index (χ2n) is 3.77. The Hall–Kier alpha value is -1.71. The van der Waals surface area contributed by atoms with Gasteiger partial charge in [-0.3, -0.25) is 4.79 Å². The second-order valence-corrected chi connectivity index (χ2v) is 3.77. The van der Waals surface area contributed by atoms with Crippen LogP contribution < -0.4 is 5.73 Å². The number of carbonyl (C=O) groups is 2. The van der Waals surface area contributed by atoms with Gasteiger partial charge in [-0.15, -0.1) is 0 Å². The molecule has 0 spiro atoms. The van der Waals surface area contributed by atoms with E-state index in [4.69, 9.17) is 0 Å². The van der Waals surface area contributed by atoms with Crippen LogP contribution in [0, 0.1) is 0 Å². The second kappa shape index (κ2) is 6.16. The normalized spacial score (nSPS) is 15.3. The summed E-state index contributed by atoms with van der Waals surface area (Å²) >= 11 is 0. The molecule has 1 atom stereocenters. The van der Waals surface area contributed by atoms with Crippen molar-refractivity contribution in [1.82, 2.24) is 0 Å². The highest BCUT2D eigenvalue weighted by Crippen LogP contribution is 2.35. The minimum absolute atomic E-state index is 0.335. The molecule has 0 saturated carbocycles. The van der Waals surface area contributed by atoms with E-state index in [1.54, 1.807) is 0 Å². The molecule has 5 nitrogen and oxygen atoms in total. The van der Waals surface area contributed by atoms with Crippen LogP contribution in [-0.2, 0) is 19.1 Å². The summed E-state index contributed by atoms with van der Waals surface area (Å²) in [6.07, 6.45) is -6.34. The minimum Gasteiger partial charge on any atom is -0.412 e. The molecule has 0 heterocycles. The van der Waals surface area contributed by atoms with Crippen molar-refractivity contribution in [2.24, 2.45) is 5.73 Å². The third-order valence-corrected chi connectivity index (χ3v) is 1.95. The first-order chi connectivity index (χ1) is 8.85. The maximum absolute atomic E-state index is 12.8. The van der Waals surface area contributed by atoms with Crippen LogP contribution >= 0.6 is 0 Å². The molecule has 0 fully saturated rings. The fraction of sp³-hybridized carbons (Fsp3) is 0.600. The lowest BCUT2D eigenvalue weighted by molar-refractivity contribution is -0.347. The van der Waals surface area contributed by atoms with E-state index in [0.29, 0.717) is 13.0 Å². The molecule has 0 aromatic heterocycles. The van der Waals surface area contributed by atoms with E-state index in [9.17, 15) is 31.5 Å². The Kier molecular flexibility index (Phi) is 5.63. The molecule has 0 aromatic rings. The SMILES string of the molecule is C=CC(=O)OC(OCCC(C)(F)F)(C(N)=O)C(F)(F)F. The van der Waals surface area contributed by atoms with Crippen molar-refractivity contribution in [2.45, 2.75) is 31.2 Å². The molecule has 1 unspecified atom stereocenters. The Morgan fingerprint density at radius 2 is 1.75 bits per heavy atom. The van der Waals surface area contributed by atoms with E-state index in [1.165, 1.54) is 0 Å². The Morgan fingerprint density at radius 1 is 1.25 bits per heavy atom. The predicted molar refractivity (Wildman–Crippen MR) is 55.5 cm³/mol. The Labute approximate surface area is 110 Å². The van der Waals surface area contributed by atoms with Crippen LogP contribution in [0.1, 0.15) is 13.3 Å². The van der Waals surface area contributed by atoms with Gasteiger partial charge in [-0.05, 0) is 6.92 Å². The smallest absolute Gasteiger partial charge is 0.412 e. The molecule has 10 heteroatoms. The van der Waals surface area contributed by atoms with E-state index in [-0.39, 0.29) is 0 Å². The van der Waals surface area contributed by atoms with Crippen LogP contribution in [0.5, 0.6) is 0 Å². The fourth-order valence-electron chi connectivity index (χ4n) is 0.988. The standard InChI is InChI=1S/C10H12F5NO4/c1-3-6(17)20-9(7(16)18,10(13,14)15)19-5-4-8(2,11)12/h3H,1,4-5H2,2H3,(H2,16,18). The average Bonchev–Trinajstić information content (AvgIpc) is 2.23. The van der Waals surface area contributed by atoms with Crippen molar-refractivity contribution in [1.29, 1.82) is 0 Å². The molecule has 1 amide bonds. The van der Waals surface area contributed by atoms with Gasteiger partial charge in [0.1, 0.15) is 0 Å². The van der Waals surface area contributed by atoms with Crippen LogP contribution in [0.15, 0.2) is 12.7 Å². The van der Waals surface area contributed by atoms with Gasteiger partial charge in [0.15, 0.2) is 0 Å². The van der Waals surface area contributed by atoms with E-state index < -0.39 is 42.8 Å². The van der Waals surface area contributed by atoms with Crippen LogP contribution in [0.2, 0.25) is 0 Å². The maximum atomic E-state index is 12.8. The summed E-state index contributed by atoms with van der Waals surface area (Å²) in [6, 6.07) is 0. The van der Waals surface area contributed by atoms with E-state index in [2.05, 4.69) is 21.8 Å². The van der Waals surface area contributed by atoms with Gasteiger partial charge in [0, 0.05) is 12.5 Å². The highest BCUT2D eigenvalue weighted by atomic mass is 19.4. The topological polar surface area (TPSA) is 78.6 Å². The number of amides is 1. The van der Waals surface area contributed by atoms with Gasteiger partial charge >= 0.3 is 23.8 Å². The van der Waals surface area contributed by atoms with Gasteiger partial charge < -0.3 is 15.2 Å². The van der Waals surface area contributed by atoms with Crippen molar-refractivity contribution in [2.75, 3.05) is 6.61 Å². The van der Waals surface area contributed by atoms with Crippen LogP contribution in [0.4, 0.5) is 22.0 Å². The van der Waals surface area contributed by atoms with Crippen molar-refractivity contribution < 1.29 is 41.0 Å². The van der Waals surface area contributed by atoms with Gasteiger partial charge in [-0.1, -0.05) is 6.58 Å². The van der Waals surface area contributed by atoms with Crippen molar-refractivity contribution in [3.63, 3.8) is 0 Å². The highest BCUT2D eigenvalue weighted by Gasteiger charge is 2.65. The molecule has 2 N–H and O–H groups in total. The molecule has 20 heavy (non-hydrogen) atoms. The molecule has 0 aliphatic carbocycles. The number of rotatable bonds is 7. The lowest BCUT2D eigenvalue weighted by Gasteiger charge is -2.31. The predicted octanol–water partition coefficient (Wildman–Crippen LogP) is 1.52. The largest absolute Gasteiger partial charge is 0.466 e. The van der Waals surface area contributed by atoms with E-state index in [1.807, 2.05) is 0 Å². The minimum atomic E-state index is -5.54. The van der Waals surface area contributed by atoms with Crippen LogP contribution in [0.3, 0.4) is 0 Å². The first-order valence-electron chi connectivity index (χ1n) is 5.09. The monoisotopic (exact) mass is 305 g/mol. The van der Waals surface area contributed by atoms with Gasteiger partial charge in [-0.2, -0.15) is 13.2 Å². The molecule has 0 bridgehead atoms. The lowest BCUT2D eigenvalue weighted by atomic mass is 10.2. The molecular weight excluding hydrogens is 293 g/mol. The van der Waals surface area contributed by atoms with Gasteiger partial charge in [0.25, 0.3) is 0 Å². The van der Waals surface area contributed by atoms with Crippen molar-refractivity contribution >= 4 is 11.9 Å². The maximum Gasteiger partial charge on any atom is 0.466 e. The quantitative estimate of drug-likeness (QED) is 0.335. The number of esters is 1. The fourth-order valence-corrected chi connectivity index (χ4v) is 0.988. The Bertz CT molecular complexity index is 390. The number of alkyl halides is 5. The Morgan fingerprint density at radius 3 is 2.05 bits per heavy atom. The molecule has 0 rings (SSSR count). The summed E-state index contributed by atoms with van der Waals surface area (Å²) in [5.74, 6) is -11.3. The zero-order valence-electron chi connectivity index (χ0n) is 10.3. The highest BCUT2D eigenvalue weighted by molar-refractivity contribution is 5.89. The molecule has 0 saturated heterocycles. The van der Waals surface area contributed by atoms with Crippen LogP contribution in [0.25, 0.3) is 0 Å². The van der Waals surface area contributed by atoms with Crippen LogP contribution in [-0.4, -0.2) is 36.4 Å². The average molecular weight is 305 g/mol. The number of halogens is 5. The Balaban J connectivity index is 5.27. The first kappa shape index (κ1) is 18.3. The summed E-state index contributed by atoms with van der Waals surface area (Å²) in [5.41, 5.74) is 4.53. The molecule has 0 aliphatic heterocycles. The summed E-state index contributed by atoms with van der Waals surface area (Å²) < 4.78 is 71.3. The third kappa shape index (κ3) is 4.76. The molecule has 116 valence electrons. The van der Waals surface area contributed by atoms with Crippen molar-refractivity contribution in [3.8, 4) is 0 Å². The number of carbonyl (C=O) groups excluding carboxylic acids is 2. The number of ether oxygens (including phenoxy) is 2. The number of hydrogen-bond acceptors (Lipinski definition) is 4. The summed E-state index contributed by atoms with van der Waals surface area (Å²) in [5, 5.41) is 0. The molecule has 0 aromatic carbocycles.